The molecule has 0 amide bonds. The fraction of sp³-hybridized carbons (Fsp3) is 0.833. The van der Waals surface area contributed by atoms with E-state index in [1.165, 1.54) is 0 Å². The van der Waals surface area contributed by atoms with Crippen LogP contribution in [0.1, 0.15) is 33.1 Å². The first kappa shape index (κ1) is 16.9. The second kappa shape index (κ2) is 8.89. The van der Waals surface area contributed by atoms with Gasteiger partial charge in [0.05, 0.1) is 0 Å². The molecule has 0 aliphatic rings. The zero-order chi connectivity index (χ0) is 13.3. The molecule has 0 saturated carbocycles. The molecular weight excluding hydrogens is 252 g/mol. The van der Waals surface area contributed by atoms with Crippen molar-refractivity contribution in [3.05, 3.63) is 0 Å². The zero-order valence-electron chi connectivity index (χ0n) is 11.4. The van der Waals surface area contributed by atoms with Crippen LogP contribution in [0.2, 0.25) is 19.1 Å². The van der Waals surface area contributed by atoms with Crippen LogP contribution in [0.25, 0.3) is 0 Å². The summed E-state index contributed by atoms with van der Waals surface area (Å²) in [5, 5.41) is -0.275. The van der Waals surface area contributed by atoms with Gasteiger partial charge in [0, 0.05) is 18.8 Å². The Morgan fingerprint density at radius 2 is 1.88 bits per heavy atom. The third-order valence-corrected chi connectivity index (χ3v) is 6.01. The first-order valence-corrected chi connectivity index (χ1v) is 10.4. The largest absolute Gasteiger partial charge is 0.418 e. The lowest BCUT2D eigenvalue weighted by molar-refractivity contribution is -0.131. The quantitative estimate of drug-likeness (QED) is 0.368. The fourth-order valence-electron chi connectivity index (χ4n) is 1.54. The van der Waals surface area contributed by atoms with E-state index in [0.717, 1.165) is 43.0 Å². The predicted molar refractivity (Wildman–Crippen MR) is 75.9 cm³/mol. The smallest absolute Gasteiger partial charge is 0.254 e. The van der Waals surface area contributed by atoms with Crippen LogP contribution in [-0.4, -0.2) is 31.6 Å². The topological polar surface area (TPSA) is 43.4 Å². The van der Waals surface area contributed by atoms with Gasteiger partial charge in [-0.3, -0.25) is 9.59 Å². The number of rotatable bonds is 9. The molecular formula is C12H24O3SSi. The Balaban J connectivity index is 3.71. The van der Waals surface area contributed by atoms with Gasteiger partial charge in [0.15, 0.2) is 8.32 Å². The van der Waals surface area contributed by atoms with Crippen LogP contribution in [0.15, 0.2) is 0 Å². The molecule has 5 heteroatoms. The monoisotopic (exact) mass is 276 g/mol. The molecule has 0 fully saturated rings. The van der Waals surface area contributed by atoms with E-state index >= 15 is 0 Å². The molecule has 0 aliphatic carbocycles. The van der Waals surface area contributed by atoms with E-state index in [2.05, 4.69) is 13.1 Å². The van der Waals surface area contributed by atoms with E-state index in [9.17, 15) is 9.59 Å². The van der Waals surface area contributed by atoms with Crippen molar-refractivity contribution in [3.8, 4) is 0 Å². The van der Waals surface area contributed by atoms with Crippen LogP contribution in [0.3, 0.4) is 0 Å². The number of ketones is 1. The van der Waals surface area contributed by atoms with E-state index in [1.54, 1.807) is 0 Å². The third-order valence-electron chi connectivity index (χ3n) is 2.40. The highest BCUT2D eigenvalue weighted by atomic mass is 32.2. The van der Waals surface area contributed by atoms with Crippen molar-refractivity contribution in [2.75, 3.05) is 12.4 Å². The summed E-state index contributed by atoms with van der Waals surface area (Å²) in [6.45, 7) is 9.05. The summed E-state index contributed by atoms with van der Waals surface area (Å²) < 4.78 is 5.70. The zero-order valence-corrected chi connectivity index (χ0v) is 13.2. The highest BCUT2D eigenvalue weighted by Gasteiger charge is 2.21. The molecule has 100 valence electrons. The van der Waals surface area contributed by atoms with Crippen molar-refractivity contribution in [1.82, 2.24) is 0 Å². The maximum Gasteiger partial charge on any atom is 0.254 e. The summed E-state index contributed by atoms with van der Waals surface area (Å²) in [4.78, 5) is 22.6. The molecule has 3 nitrogen and oxygen atoms in total. The lowest BCUT2D eigenvalue weighted by atomic mass is 10.2. The van der Waals surface area contributed by atoms with Gasteiger partial charge in [-0.25, -0.2) is 0 Å². The van der Waals surface area contributed by atoms with Gasteiger partial charge in [0.1, 0.15) is 0 Å². The van der Waals surface area contributed by atoms with Crippen molar-refractivity contribution in [2.24, 2.45) is 0 Å². The number of thioether (sulfide) groups is 1. The second-order valence-electron chi connectivity index (χ2n) is 4.61. The van der Waals surface area contributed by atoms with Crippen molar-refractivity contribution in [1.29, 1.82) is 0 Å². The van der Waals surface area contributed by atoms with Gasteiger partial charge < -0.3 is 4.43 Å². The molecule has 0 aromatic heterocycles. The molecule has 0 aromatic carbocycles. The van der Waals surface area contributed by atoms with Gasteiger partial charge in [-0.1, -0.05) is 18.7 Å². The Hall–Kier alpha value is -0.133. The Kier molecular flexibility index (Phi) is 8.82. The molecule has 0 bridgehead atoms. The average Bonchev–Trinajstić information content (AvgIpc) is 2.24. The molecule has 0 rings (SSSR count). The summed E-state index contributed by atoms with van der Waals surface area (Å²) in [6, 6.07) is 1.04. The van der Waals surface area contributed by atoms with Crippen LogP contribution in [-0.2, 0) is 14.0 Å². The van der Waals surface area contributed by atoms with E-state index in [4.69, 9.17) is 4.43 Å². The predicted octanol–water partition coefficient (Wildman–Crippen LogP) is 3.25. The van der Waals surface area contributed by atoms with Gasteiger partial charge in [-0.05, 0) is 38.9 Å². The highest BCUT2D eigenvalue weighted by Crippen LogP contribution is 2.17. The maximum atomic E-state index is 11.4. The van der Waals surface area contributed by atoms with Gasteiger partial charge >= 0.3 is 0 Å². The van der Waals surface area contributed by atoms with E-state index in [1.807, 2.05) is 13.8 Å². The highest BCUT2D eigenvalue weighted by molar-refractivity contribution is 8.15. The molecule has 17 heavy (non-hydrogen) atoms. The minimum absolute atomic E-state index is 0.237. The lowest BCUT2D eigenvalue weighted by Crippen LogP contribution is -2.30. The Bertz CT molecular complexity index is 254. The Labute approximate surface area is 110 Å². The minimum Gasteiger partial charge on any atom is -0.418 e. The first-order valence-electron chi connectivity index (χ1n) is 6.27. The third kappa shape index (κ3) is 8.57. The number of Topliss-reactive ketones (excluding diaryl/α,β-unsaturated/α-hetero) is 1. The van der Waals surface area contributed by atoms with Crippen molar-refractivity contribution < 1.29 is 14.0 Å². The molecule has 0 spiro atoms. The van der Waals surface area contributed by atoms with Crippen LogP contribution in [0, 0.1) is 0 Å². The molecule has 0 heterocycles. The van der Waals surface area contributed by atoms with Crippen LogP contribution in [0.4, 0.5) is 0 Å². The van der Waals surface area contributed by atoms with Gasteiger partial charge in [-0.15, -0.1) is 0 Å². The van der Waals surface area contributed by atoms with Gasteiger partial charge in [-0.2, -0.15) is 0 Å². The van der Waals surface area contributed by atoms with E-state index < -0.39 is 8.32 Å². The van der Waals surface area contributed by atoms with Crippen LogP contribution in [0.5, 0.6) is 0 Å². The molecule has 0 N–H and O–H groups in total. The van der Waals surface area contributed by atoms with Crippen LogP contribution >= 0.6 is 11.8 Å². The van der Waals surface area contributed by atoms with Crippen molar-refractivity contribution >= 4 is 31.0 Å². The van der Waals surface area contributed by atoms with Crippen LogP contribution < -0.4 is 0 Å². The molecule has 0 unspecified atom stereocenters. The van der Waals surface area contributed by atoms with Gasteiger partial charge in [0.25, 0.3) is 5.12 Å². The number of carbonyl (C=O) groups excluding carboxylic acids is 2. The summed E-state index contributed by atoms with van der Waals surface area (Å²) >= 11 is 1.16. The van der Waals surface area contributed by atoms with E-state index in [0.29, 0.717) is 6.42 Å². The SMILES string of the molecule is CCCC(=O)C(=O)SCCC[Si](C)(C)OCC. The van der Waals surface area contributed by atoms with Gasteiger partial charge in [0.2, 0.25) is 5.78 Å². The Morgan fingerprint density at radius 1 is 1.24 bits per heavy atom. The first-order chi connectivity index (χ1) is 7.93. The minimum atomic E-state index is -1.53. The standard InChI is InChI=1S/C12H24O3SSi/c1-5-8-11(13)12(14)16-9-7-10-17(3,4)15-6-2/h5-10H2,1-4H3. The second-order valence-corrected chi connectivity index (χ2v) is 9.98. The number of hydrogen-bond acceptors (Lipinski definition) is 4. The summed E-state index contributed by atoms with van der Waals surface area (Å²) in [5.74, 6) is 0.497. The Morgan fingerprint density at radius 3 is 2.41 bits per heavy atom. The molecule has 0 saturated heterocycles. The molecule has 0 radical (unpaired) electrons. The summed E-state index contributed by atoms with van der Waals surface area (Å²) in [6.07, 6.45) is 2.08. The molecule has 0 atom stereocenters. The number of carbonyl (C=O) groups is 2. The van der Waals surface area contributed by atoms with Crippen molar-refractivity contribution in [2.45, 2.75) is 52.2 Å². The van der Waals surface area contributed by atoms with Crippen molar-refractivity contribution in [3.63, 3.8) is 0 Å². The molecule has 0 aromatic rings. The maximum absolute atomic E-state index is 11.4. The summed E-state index contributed by atoms with van der Waals surface area (Å²) in [5.41, 5.74) is 0. The normalized spacial score (nSPS) is 11.5. The molecule has 0 aliphatic heterocycles. The fourth-order valence-corrected chi connectivity index (χ4v) is 4.48. The summed E-state index contributed by atoms with van der Waals surface area (Å²) in [7, 11) is -1.53. The number of hydrogen-bond donors (Lipinski definition) is 0. The van der Waals surface area contributed by atoms with E-state index in [-0.39, 0.29) is 10.9 Å². The lowest BCUT2D eigenvalue weighted by Gasteiger charge is -2.21. The average molecular weight is 276 g/mol.